The first-order chi connectivity index (χ1) is 9.52. The van der Waals surface area contributed by atoms with Gasteiger partial charge in [0.15, 0.2) is 0 Å². The molecule has 0 bridgehead atoms. The van der Waals surface area contributed by atoms with Crippen LogP contribution in [0, 0.1) is 5.92 Å². The highest BCUT2D eigenvalue weighted by atomic mass is 16.4. The maximum absolute atomic E-state index is 11.9. The topological polar surface area (TPSA) is 69.6 Å². The summed E-state index contributed by atoms with van der Waals surface area (Å²) in [5, 5.41) is 11.7. The molecule has 0 saturated carbocycles. The average Bonchev–Trinajstić information content (AvgIpc) is 2.43. The fraction of sp³-hybridized carbons (Fsp3) is 0.867. The molecule has 5 heteroatoms. The van der Waals surface area contributed by atoms with Gasteiger partial charge in [0.05, 0.1) is 5.92 Å². The van der Waals surface area contributed by atoms with E-state index in [0.717, 1.165) is 12.8 Å². The first kappa shape index (κ1) is 18.7. The van der Waals surface area contributed by atoms with Crippen LogP contribution >= 0.6 is 0 Å². The van der Waals surface area contributed by atoms with E-state index in [-0.39, 0.29) is 12.6 Å². The molecule has 5 nitrogen and oxygen atoms in total. The van der Waals surface area contributed by atoms with E-state index in [9.17, 15) is 9.59 Å². The number of hydrogen-bond acceptors (Lipinski definition) is 2. The summed E-state index contributed by atoms with van der Waals surface area (Å²) in [6.07, 6.45) is 7.13. The zero-order valence-corrected chi connectivity index (χ0v) is 13.2. The monoisotopic (exact) mass is 286 g/mol. The lowest BCUT2D eigenvalue weighted by atomic mass is 10.1. The lowest BCUT2D eigenvalue weighted by molar-refractivity contribution is -0.141. The Morgan fingerprint density at radius 3 is 2.25 bits per heavy atom. The van der Waals surface area contributed by atoms with Crippen molar-refractivity contribution in [1.29, 1.82) is 0 Å². The van der Waals surface area contributed by atoms with Crippen LogP contribution in [0.15, 0.2) is 0 Å². The second-order valence-electron chi connectivity index (χ2n) is 5.28. The van der Waals surface area contributed by atoms with Gasteiger partial charge < -0.3 is 15.3 Å². The van der Waals surface area contributed by atoms with Crippen LogP contribution < -0.4 is 5.32 Å². The highest BCUT2D eigenvalue weighted by Crippen LogP contribution is 2.04. The average molecular weight is 286 g/mol. The maximum Gasteiger partial charge on any atom is 0.317 e. The first-order valence-electron chi connectivity index (χ1n) is 7.78. The number of urea groups is 1. The Labute approximate surface area is 122 Å². The van der Waals surface area contributed by atoms with Crippen molar-refractivity contribution >= 4 is 12.0 Å². The van der Waals surface area contributed by atoms with Gasteiger partial charge in [0.2, 0.25) is 0 Å². The Morgan fingerprint density at radius 2 is 1.70 bits per heavy atom. The van der Waals surface area contributed by atoms with Crippen LogP contribution in [-0.2, 0) is 4.79 Å². The van der Waals surface area contributed by atoms with Crippen molar-refractivity contribution < 1.29 is 14.7 Å². The van der Waals surface area contributed by atoms with E-state index in [0.29, 0.717) is 13.1 Å². The summed E-state index contributed by atoms with van der Waals surface area (Å²) in [5.41, 5.74) is 0. The third-order valence-corrected chi connectivity index (χ3v) is 3.39. The molecule has 0 radical (unpaired) electrons. The molecule has 0 fully saturated rings. The Bertz CT molecular complexity index is 282. The second kappa shape index (κ2) is 11.6. The first-order valence-corrected chi connectivity index (χ1v) is 7.78. The minimum atomic E-state index is -0.868. The molecule has 0 heterocycles. The molecule has 0 aromatic heterocycles. The van der Waals surface area contributed by atoms with Gasteiger partial charge in [-0.2, -0.15) is 0 Å². The van der Waals surface area contributed by atoms with Gasteiger partial charge in [-0.3, -0.25) is 4.79 Å². The summed E-state index contributed by atoms with van der Waals surface area (Å²) in [4.78, 5) is 24.2. The Kier molecular flexibility index (Phi) is 10.8. The van der Waals surface area contributed by atoms with Crippen molar-refractivity contribution in [2.75, 3.05) is 19.6 Å². The van der Waals surface area contributed by atoms with Crippen LogP contribution in [0.2, 0.25) is 0 Å². The number of nitrogens with zero attached hydrogens (tertiary/aromatic N) is 1. The van der Waals surface area contributed by atoms with Crippen molar-refractivity contribution in [2.24, 2.45) is 5.92 Å². The second-order valence-corrected chi connectivity index (χ2v) is 5.28. The number of aliphatic carboxylic acids is 1. The van der Waals surface area contributed by atoms with Gasteiger partial charge >= 0.3 is 12.0 Å². The van der Waals surface area contributed by atoms with Crippen LogP contribution in [0.25, 0.3) is 0 Å². The van der Waals surface area contributed by atoms with Crippen molar-refractivity contribution in [1.82, 2.24) is 10.2 Å². The van der Waals surface area contributed by atoms with Crippen LogP contribution in [0.5, 0.6) is 0 Å². The summed E-state index contributed by atoms with van der Waals surface area (Å²) < 4.78 is 0. The zero-order chi connectivity index (χ0) is 15.4. The van der Waals surface area contributed by atoms with Crippen LogP contribution in [0.1, 0.15) is 59.3 Å². The van der Waals surface area contributed by atoms with Crippen molar-refractivity contribution in [2.45, 2.75) is 59.3 Å². The van der Waals surface area contributed by atoms with Gasteiger partial charge in [0.25, 0.3) is 0 Å². The predicted molar refractivity (Wildman–Crippen MR) is 80.8 cm³/mol. The molecule has 0 aromatic rings. The third-order valence-electron chi connectivity index (χ3n) is 3.39. The number of rotatable bonds is 11. The Balaban J connectivity index is 3.79. The number of hydrogen-bond donors (Lipinski definition) is 2. The Hall–Kier alpha value is -1.26. The quantitative estimate of drug-likeness (QED) is 0.573. The number of nitrogens with one attached hydrogen (secondary N) is 1. The van der Waals surface area contributed by atoms with Gasteiger partial charge in [0.1, 0.15) is 0 Å². The minimum absolute atomic E-state index is 0.158. The lowest BCUT2D eigenvalue weighted by Crippen LogP contribution is -2.43. The van der Waals surface area contributed by atoms with Crippen molar-refractivity contribution in [3.05, 3.63) is 0 Å². The summed E-state index contributed by atoms with van der Waals surface area (Å²) in [5.74, 6) is -1.40. The third kappa shape index (κ3) is 8.77. The number of carboxylic acid groups (broad SMARTS) is 1. The van der Waals surface area contributed by atoms with E-state index in [1.54, 1.807) is 11.8 Å². The van der Waals surface area contributed by atoms with Gasteiger partial charge in [-0.1, -0.05) is 46.0 Å². The maximum atomic E-state index is 11.9. The van der Waals surface area contributed by atoms with E-state index in [4.69, 9.17) is 5.11 Å². The van der Waals surface area contributed by atoms with Gasteiger partial charge in [-0.05, 0) is 13.3 Å². The lowest BCUT2D eigenvalue weighted by Gasteiger charge is -2.23. The van der Waals surface area contributed by atoms with Crippen LogP contribution in [0.4, 0.5) is 4.79 Å². The van der Waals surface area contributed by atoms with Gasteiger partial charge in [0, 0.05) is 19.6 Å². The summed E-state index contributed by atoms with van der Waals surface area (Å²) >= 11 is 0. The molecule has 20 heavy (non-hydrogen) atoms. The van der Waals surface area contributed by atoms with Crippen LogP contribution in [-0.4, -0.2) is 41.6 Å². The standard InChI is InChI=1S/C15H30N2O3/c1-4-6-7-8-9-10-11-16-15(20)17(5-2)12-13(3)14(18)19/h13H,4-12H2,1-3H3,(H,16,20)(H,18,19). The molecule has 0 aliphatic carbocycles. The fourth-order valence-corrected chi connectivity index (χ4v) is 1.98. The minimum Gasteiger partial charge on any atom is -0.481 e. The molecule has 0 saturated heterocycles. The van der Waals surface area contributed by atoms with Crippen LogP contribution in [0.3, 0.4) is 0 Å². The van der Waals surface area contributed by atoms with E-state index >= 15 is 0 Å². The van der Waals surface area contributed by atoms with E-state index in [2.05, 4.69) is 12.2 Å². The summed E-state index contributed by atoms with van der Waals surface area (Å²) in [6.45, 7) is 7.12. The largest absolute Gasteiger partial charge is 0.481 e. The molecule has 2 amide bonds. The molecule has 1 atom stereocenters. The van der Waals surface area contributed by atoms with Gasteiger partial charge in [-0.25, -0.2) is 4.79 Å². The number of carbonyl (C=O) groups is 2. The number of carboxylic acids is 1. The van der Waals surface area contributed by atoms with E-state index in [1.165, 1.54) is 25.7 Å². The highest BCUT2D eigenvalue weighted by Gasteiger charge is 2.18. The molecule has 118 valence electrons. The molecule has 2 N–H and O–H groups in total. The van der Waals surface area contributed by atoms with Crippen molar-refractivity contribution in [3.63, 3.8) is 0 Å². The number of unbranched alkanes of at least 4 members (excludes halogenated alkanes) is 5. The van der Waals surface area contributed by atoms with E-state index in [1.807, 2.05) is 6.92 Å². The predicted octanol–water partition coefficient (Wildman–Crippen LogP) is 3.10. The highest BCUT2D eigenvalue weighted by molar-refractivity contribution is 5.75. The fourth-order valence-electron chi connectivity index (χ4n) is 1.98. The molecule has 0 aromatic carbocycles. The number of amides is 2. The van der Waals surface area contributed by atoms with Crippen molar-refractivity contribution in [3.8, 4) is 0 Å². The molecular weight excluding hydrogens is 256 g/mol. The molecule has 1 unspecified atom stereocenters. The normalized spacial score (nSPS) is 11.9. The molecule has 0 aliphatic rings. The molecule has 0 spiro atoms. The molecule has 0 aliphatic heterocycles. The summed E-state index contributed by atoms with van der Waals surface area (Å²) in [6, 6.07) is -0.158. The SMILES string of the molecule is CCCCCCCCNC(=O)N(CC)CC(C)C(=O)O. The summed E-state index contributed by atoms with van der Waals surface area (Å²) in [7, 11) is 0. The molecular formula is C15H30N2O3. The zero-order valence-electron chi connectivity index (χ0n) is 13.2. The smallest absolute Gasteiger partial charge is 0.317 e. The number of carbonyl (C=O) groups excluding carboxylic acids is 1. The van der Waals surface area contributed by atoms with Gasteiger partial charge in [-0.15, -0.1) is 0 Å². The molecule has 0 rings (SSSR count). The van der Waals surface area contributed by atoms with E-state index < -0.39 is 11.9 Å². The Morgan fingerprint density at radius 1 is 1.10 bits per heavy atom.